The highest BCUT2D eigenvalue weighted by atomic mass is 32.2. The van der Waals surface area contributed by atoms with E-state index < -0.39 is 21.3 Å². The number of nitrogens with two attached hydrogens (primary N) is 1. The Bertz CT molecular complexity index is 414. The molecule has 0 spiro atoms. The van der Waals surface area contributed by atoms with E-state index in [1.54, 1.807) is 25.8 Å². The number of nitrogens with zero attached hydrogens (tertiary/aromatic N) is 1. The van der Waals surface area contributed by atoms with Gasteiger partial charge in [-0.25, -0.2) is 8.42 Å². The summed E-state index contributed by atoms with van der Waals surface area (Å²) in [6.07, 6.45) is 1.20. The van der Waals surface area contributed by atoms with Crippen LogP contribution in [0.25, 0.3) is 0 Å². The summed E-state index contributed by atoms with van der Waals surface area (Å²) in [7, 11) is -1.67. The maximum Gasteiger partial charge on any atom is 0.240 e. The number of hydrogen-bond acceptors (Lipinski definition) is 6. The van der Waals surface area contributed by atoms with Crippen molar-refractivity contribution >= 4 is 27.5 Å². The van der Waals surface area contributed by atoms with E-state index in [-0.39, 0.29) is 11.7 Å². The number of rotatable bonds is 7. The van der Waals surface area contributed by atoms with Crippen molar-refractivity contribution in [3.8, 4) is 0 Å². The summed E-state index contributed by atoms with van der Waals surface area (Å²) >= 11 is 1.57. The van der Waals surface area contributed by atoms with Crippen molar-refractivity contribution < 1.29 is 17.9 Å². The standard InChI is InChI=1S/C12H24N2O4S2/c1-3-20(16,17)11-9-19-8-6-14(11)12(15)10(13)5-4-7-18-2/h10-11H,3-9,13H2,1-2H3. The van der Waals surface area contributed by atoms with E-state index in [2.05, 4.69) is 0 Å². The molecule has 0 bridgehead atoms. The van der Waals surface area contributed by atoms with Gasteiger partial charge < -0.3 is 15.4 Å². The number of carbonyl (C=O) groups is 1. The fraction of sp³-hybridized carbons (Fsp3) is 0.917. The highest BCUT2D eigenvalue weighted by molar-refractivity contribution is 8.01. The minimum Gasteiger partial charge on any atom is -0.385 e. The Morgan fingerprint density at radius 3 is 2.85 bits per heavy atom. The zero-order valence-electron chi connectivity index (χ0n) is 12.1. The summed E-state index contributed by atoms with van der Waals surface area (Å²) in [5.41, 5.74) is 5.89. The van der Waals surface area contributed by atoms with Crippen molar-refractivity contribution in [2.75, 3.05) is 37.5 Å². The number of thioether (sulfide) groups is 1. The zero-order valence-corrected chi connectivity index (χ0v) is 13.7. The summed E-state index contributed by atoms with van der Waals surface area (Å²) in [4.78, 5) is 13.8. The van der Waals surface area contributed by atoms with Gasteiger partial charge in [-0.05, 0) is 12.8 Å². The lowest BCUT2D eigenvalue weighted by Crippen LogP contribution is -2.55. The number of sulfone groups is 1. The second kappa shape index (κ2) is 8.21. The van der Waals surface area contributed by atoms with Crippen LogP contribution >= 0.6 is 11.8 Å². The highest BCUT2D eigenvalue weighted by Gasteiger charge is 2.37. The van der Waals surface area contributed by atoms with Gasteiger partial charge >= 0.3 is 0 Å². The number of amides is 1. The summed E-state index contributed by atoms with van der Waals surface area (Å²) in [6, 6.07) is -0.650. The molecule has 118 valence electrons. The fourth-order valence-corrected chi connectivity index (χ4v) is 5.08. The van der Waals surface area contributed by atoms with Crippen LogP contribution < -0.4 is 5.73 Å². The van der Waals surface area contributed by atoms with Gasteiger partial charge in [-0.3, -0.25) is 4.79 Å². The van der Waals surface area contributed by atoms with Crippen LogP contribution in [0.15, 0.2) is 0 Å². The molecule has 1 aliphatic rings. The lowest BCUT2D eigenvalue weighted by atomic mass is 10.1. The average Bonchev–Trinajstić information content (AvgIpc) is 2.46. The summed E-state index contributed by atoms with van der Waals surface area (Å²) in [5, 5.41) is -0.729. The monoisotopic (exact) mass is 324 g/mol. The SMILES string of the molecule is CCS(=O)(=O)C1CSCCN1C(=O)C(N)CCCOC. The van der Waals surface area contributed by atoms with E-state index in [9.17, 15) is 13.2 Å². The first-order chi connectivity index (χ1) is 9.44. The van der Waals surface area contributed by atoms with Gasteiger partial charge in [-0.1, -0.05) is 6.92 Å². The molecule has 1 fully saturated rings. The Hall–Kier alpha value is -0.310. The third-order valence-corrected chi connectivity index (χ3v) is 6.65. The molecule has 1 rings (SSSR count). The molecule has 0 radical (unpaired) electrons. The molecule has 2 atom stereocenters. The van der Waals surface area contributed by atoms with E-state index in [1.807, 2.05) is 0 Å². The molecule has 1 aliphatic heterocycles. The van der Waals surface area contributed by atoms with Crippen LogP contribution in [0.5, 0.6) is 0 Å². The second-order valence-electron chi connectivity index (χ2n) is 4.75. The molecule has 0 aromatic rings. The fourth-order valence-electron chi connectivity index (χ4n) is 2.11. The molecule has 0 saturated carbocycles. The van der Waals surface area contributed by atoms with Gasteiger partial charge in [-0.15, -0.1) is 0 Å². The first-order valence-electron chi connectivity index (χ1n) is 6.78. The molecule has 2 unspecified atom stereocenters. The molecular weight excluding hydrogens is 300 g/mol. The molecule has 0 aliphatic carbocycles. The molecule has 20 heavy (non-hydrogen) atoms. The van der Waals surface area contributed by atoms with Crippen LogP contribution in [0, 0.1) is 0 Å². The quantitative estimate of drug-likeness (QED) is 0.667. The van der Waals surface area contributed by atoms with Crippen LogP contribution in [0.3, 0.4) is 0 Å². The smallest absolute Gasteiger partial charge is 0.240 e. The molecule has 0 aromatic carbocycles. The van der Waals surface area contributed by atoms with Gasteiger partial charge in [0.2, 0.25) is 5.91 Å². The Morgan fingerprint density at radius 1 is 1.55 bits per heavy atom. The topological polar surface area (TPSA) is 89.7 Å². The maximum atomic E-state index is 12.4. The molecule has 0 aromatic heterocycles. The van der Waals surface area contributed by atoms with Gasteiger partial charge in [0, 0.05) is 37.5 Å². The molecule has 1 amide bonds. The zero-order chi connectivity index (χ0) is 15.2. The van der Waals surface area contributed by atoms with Gasteiger partial charge in [0.05, 0.1) is 6.04 Å². The summed E-state index contributed by atoms with van der Waals surface area (Å²) < 4.78 is 29.1. The maximum absolute atomic E-state index is 12.4. The van der Waals surface area contributed by atoms with Crippen molar-refractivity contribution in [3.05, 3.63) is 0 Å². The molecule has 1 saturated heterocycles. The van der Waals surface area contributed by atoms with Crippen LogP contribution in [-0.2, 0) is 19.4 Å². The van der Waals surface area contributed by atoms with Gasteiger partial charge in [0.25, 0.3) is 0 Å². The van der Waals surface area contributed by atoms with Crippen LogP contribution in [0.2, 0.25) is 0 Å². The molecule has 8 heteroatoms. The normalized spacial score (nSPS) is 21.8. The Kier molecular flexibility index (Phi) is 7.28. The Morgan fingerprint density at radius 2 is 2.25 bits per heavy atom. The number of ether oxygens (including phenoxy) is 1. The Labute approximate surface area is 125 Å². The number of methoxy groups -OCH3 is 1. The second-order valence-corrected chi connectivity index (χ2v) is 8.35. The van der Waals surface area contributed by atoms with Crippen molar-refractivity contribution in [1.29, 1.82) is 0 Å². The highest BCUT2D eigenvalue weighted by Crippen LogP contribution is 2.22. The lowest BCUT2D eigenvalue weighted by Gasteiger charge is -2.36. The third kappa shape index (κ3) is 4.61. The van der Waals surface area contributed by atoms with E-state index in [1.165, 1.54) is 4.90 Å². The van der Waals surface area contributed by atoms with Crippen LogP contribution in [-0.4, -0.2) is 68.2 Å². The predicted octanol–water partition coefficient (Wildman–Crippen LogP) is 0.0765. The Balaban J connectivity index is 2.72. The third-order valence-electron chi connectivity index (χ3n) is 3.37. The first-order valence-corrected chi connectivity index (χ1v) is 9.65. The average molecular weight is 324 g/mol. The summed E-state index contributed by atoms with van der Waals surface area (Å²) in [5.74, 6) is 0.975. The van der Waals surface area contributed by atoms with Crippen molar-refractivity contribution in [2.24, 2.45) is 5.73 Å². The van der Waals surface area contributed by atoms with E-state index >= 15 is 0 Å². The minimum atomic E-state index is -3.27. The molecular formula is C12H24N2O4S2. The molecule has 6 nitrogen and oxygen atoms in total. The van der Waals surface area contributed by atoms with Crippen LogP contribution in [0.1, 0.15) is 19.8 Å². The van der Waals surface area contributed by atoms with Crippen molar-refractivity contribution in [2.45, 2.75) is 31.2 Å². The number of hydrogen-bond donors (Lipinski definition) is 1. The van der Waals surface area contributed by atoms with E-state index in [0.717, 1.165) is 5.75 Å². The molecule has 1 heterocycles. The van der Waals surface area contributed by atoms with Crippen LogP contribution in [0.4, 0.5) is 0 Å². The minimum absolute atomic E-state index is 0.0426. The molecule has 2 N–H and O–H groups in total. The van der Waals surface area contributed by atoms with E-state index in [4.69, 9.17) is 10.5 Å². The number of carbonyl (C=O) groups excluding carboxylic acids is 1. The lowest BCUT2D eigenvalue weighted by molar-refractivity contribution is -0.133. The summed E-state index contributed by atoms with van der Waals surface area (Å²) in [6.45, 7) is 2.61. The van der Waals surface area contributed by atoms with Gasteiger partial charge in [0.15, 0.2) is 9.84 Å². The van der Waals surface area contributed by atoms with Gasteiger partial charge in [-0.2, -0.15) is 11.8 Å². The van der Waals surface area contributed by atoms with Crippen molar-refractivity contribution in [1.82, 2.24) is 4.90 Å². The first kappa shape index (κ1) is 17.7. The van der Waals surface area contributed by atoms with Crippen molar-refractivity contribution in [3.63, 3.8) is 0 Å². The predicted molar refractivity (Wildman–Crippen MR) is 81.4 cm³/mol. The van der Waals surface area contributed by atoms with E-state index in [0.29, 0.717) is 31.7 Å². The van der Waals surface area contributed by atoms with Gasteiger partial charge in [0.1, 0.15) is 5.37 Å². The largest absolute Gasteiger partial charge is 0.385 e.